The van der Waals surface area contributed by atoms with Gasteiger partial charge in [0.2, 0.25) is 11.8 Å². The molecule has 0 unspecified atom stereocenters. The van der Waals surface area contributed by atoms with Gasteiger partial charge in [0.05, 0.1) is 23.7 Å². The minimum absolute atomic E-state index is 0.00779. The largest absolute Gasteiger partial charge is 0.493 e. The summed E-state index contributed by atoms with van der Waals surface area (Å²) in [5.41, 5.74) is 11.4. The van der Waals surface area contributed by atoms with Crippen molar-refractivity contribution in [1.29, 1.82) is 0 Å². The van der Waals surface area contributed by atoms with Gasteiger partial charge in [-0.3, -0.25) is 14.4 Å². The van der Waals surface area contributed by atoms with Crippen LogP contribution in [-0.2, 0) is 14.3 Å². The summed E-state index contributed by atoms with van der Waals surface area (Å²) in [7, 11) is 1.66. The molecule has 0 bridgehead atoms. The molecule has 3 amide bonds. The summed E-state index contributed by atoms with van der Waals surface area (Å²) in [4.78, 5) is 37.6. The van der Waals surface area contributed by atoms with E-state index in [0.717, 1.165) is 12.8 Å². The molecule has 10 heteroatoms. The van der Waals surface area contributed by atoms with Gasteiger partial charge in [0.25, 0.3) is 5.91 Å². The molecule has 1 aromatic carbocycles. The van der Waals surface area contributed by atoms with Crippen molar-refractivity contribution in [3.8, 4) is 5.75 Å². The number of unbranched alkanes of at least 4 members (excludes halogenated alkanes) is 1. The molecule has 0 spiro atoms. The Bertz CT molecular complexity index is 952. The maximum Gasteiger partial charge on any atom is 0.255 e. The number of nitrogens with one attached hydrogen (secondary N) is 2. The molecule has 4 atom stereocenters. The topological polar surface area (TPSA) is 166 Å². The Morgan fingerprint density at radius 1 is 0.976 bits per heavy atom. The fourth-order valence-corrected chi connectivity index (χ4v) is 4.37. The maximum atomic E-state index is 13.1. The van der Waals surface area contributed by atoms with Gasteiger partial charge in [0, 0.05) is 38.8 Å². The lowest BCUT2D eigenvalue weighted by Crippen LogP contribution is -2.47. The van der Waals surface area contributed by atoms with Crippen LogP contribution in [0.1, 0.15) is 77.6 Å². The van der Waals surface area contributed by atoms with E-state index in [4.69, 9.17) is 20.9 Å². The lowest BCUT2D eigenvalue weighted by atomic mass is 9.83. The highest BCUT2D eigenvalue weighted by molar-refractivity contribution is 5.96. The summed E-state index contributed by atoms with van der Waals surface area (Å²) in [5, 5.41) is 16.8. The van der Waals surface area contributed by atoms with E-state index >= 15 is 0 Å². The predicted molar refractivity (Wildman–Crippen MR) is 161 cm³/mol. The number of rotatable bonds is 20. The number of aliphatic hydroxyl groups excluding tert-OH is 1. The second kappa shape index (κ2) is 18.0. The highest BCUT2D eigenvalue weighted by Crippen LogP contribution is 2.24. The lowest BCUT2D eigenvalue weighted by Gasteiger charge is -2.30. The number of methoxy groups -OCH3 is 1. The van der Waals surface area contributed by atoms with Crippen molar-refractivity contribution in [3.63, 3.8) is 0 Å². The van der Waals surface area contributed by atoms with Gasteiger partial charge in [-0.1, -0.05) is 39.8 Å². The van der Waals surface area contributed by atoms with Crippen molar-refractivity contribution in [3.05, 3.63) is 29.8 Å². The summed E-state index contributed by atoms with van der Waals surface area (Å²) in [6.07, 6.45) is 1.44. The zero-order chi connectivity index (χ0) is 31.2. The first-order valence-electron chi connectivity index (χ1n) is 14.7. The number of hydrogen-bond acceptors (Lipinski definition) is 7. The molecule has 0 aliphatic rings. The van der Waals surface area contributed by atoms with Gasteiger partial charge in [0.1, 0.15) is 5.75 Å². The van der Waals surface area contributed by atoms with Gasteiger partial charge < -0.3 is 36.7 Å². The molecule has 0 fully saturated rings. The van der Waals surface area contributed by atoms with E-state index in [0.29, 0.717) is 37.5 Å². The Morgan fingerprint density at radius 3 is 2.20 bits per heavy atom. The fraction of sp³-hybridized carbons (Fsp3) is 0.710. The van der Waals surface area contributed by atoms with Crippen molar-refractivity contribution < 1.29 is 29.0 Å². The Hall–Kier alpha value is -2.69. The first-order chi connectivity index (χ1) is 19.2. The van der Waals surface area contributed by atoms with E-state index in [1.807, 2.05) is 19.9 Å². The first-order valence-corrected chi connectivity index (χ1v) is 14.7. The third kappa shape index (κ3) is 12.8. The van der Waals surface area contributed by atoms with Crippen LogP contribution >= 0.6 is 0 Å². The molecular formula is C31H54N4O6. The molecule has 1 rings (SSSR count). The van der Waals surface area contributed by atoms with Crippen molar-refractivity contribution in [2.45, 2.75) is 79.4 Å². The SMILES string of the molecule is COCCCCOc1ccccc1C(=O)NC[C@@H](C[C@H](N)[C@@H](O)C[C@H](C(=O)NCC(C)(C)C(N)=O)C(C)C)C(C)C. The van der Waals surface area contributed by atoms with Crippen LogP contribution in [0.3, 0.4) is 0 Å². The molecule has 0 aliphatic heterocycles. The molecular weight excluding hydrogens is 524 g/mol. The normalized spacial score (nSPS) is 14.8. The number of amides is 3. The van der Waals surface area contributed by atoms with Gasteiger partial charge in [-0.15, -0.1) is 0 Å². The van der Waals surface area contributed by atoms with Crippen LogP contribution in [0.4, 0.5) is 0 Å². The molecule has 0 radical (unpaired) electrons. The molecule has 0 aliphatic carbocycles. The van der Waals surface area contributed by atoms with Crippen molar-refractivity contribution >= 4 is 17.7 Å². The number of carbonyl (C=O) groups is 3. The van der Waals surface area contributed by atoms with Gasteiger partial charge in [0.15, 0.2) is 0 Å². The molecule has 234 valence electrons. The van der Waals surface area contributed by atoms with E-state index in [2.05, 4.69) is 24.5 Å². The minimum atomic E-state index is -0.915. The van der Waals surface area contributed by atoms with E-state index < -0.39 is 29.4 Å². The van der Waals surface area contributed by atoms with E-state index in [1.165, 1.54) is 0 Å². The first kappa shape index (κ1) is 36.3. The summed E-state index contributed by atoms with van der Waals surface area (Å²) in [5.74, 6) is -0.761. The highest BCUT2D eigenvalue weighted by atomic mass is 16.5. The minimum Gasteiger partial charge on any atom is -0.493 e. The molecule has 0 aromatic heterocycles. The number of hydrogen-bond donors (Lipinski definition) is 5. The fourth-order valence-electron chi connectivity index (χ4n) is 4.37. The number of para-hydroxylation sites is 1. The summed E-state index contributed by atoms with van der Waals surface area (Å²) in [6, 6.07) is 6.57. The van der Waals surface area contributed by atoms with Crippen molar-refractivity contribution in [2.75, 3.05) is 33.4 Å². The number of nitrogens with two attached hydrogens (primary N) is 2. The molecule has 0 heterocycles. The van der Waals surface area contributed by atoms with Crippen LogP contribution in [0, 0.1) is 29.1 Å². The van der Waals surface area contributed by atoms with E-state index in [1.54, 1.807) is 39.2 Å². The number of ether oxygens (including phenoxy) is 2. The second-order valence-electron chi connectivity index (χ2n) is 12.3. The van der Waals surface area contributed by atoms with Crippen LogP contribution in [0.25, 0.3) is 0 Å². The van der Waals surface area contributed by atoms with Crippen LogP contribution in [0.5, 0.6) is 5.75 Å². The van der Waals surface area contributed by atoms with Gasteiger partial charge >= 0.3 is 0 Å². The monoisotopic (exact) mass is 578 g/mol. The van der Waals surface area contributed by atoms with Crippen molar-refractivity contribution in [2.24, 2.45) is 40.6 Å². The second-order valence-corrected chi connectivity index (χ2v) is 12.3. The van der Waals surface area contributed by atoms with Crippen LogP contribution < -0.4 is 26.8 Å². The maximum absolute atomic E-state index is 13.1. The smallest absolute Gasteiger partial charge is 0.255 e. The summed E-state index contributed by atoms with van der Waals surface area (Å²) in [6.45, 7) is 12.9. The Balaban J connectivity index is 2.75. The van der Waals surface area contributed by atoms with Gasteiger partial charge in [-0.05, 0) is 69.4 Å². The number of aliphatic hydroxyl groups is 1. The number of benzene rings is 1. The zero-order valence-electron chi connectivity index (χ0n) is 26.1. The molecule has 41 heavy (non-hydrogen) atoms. The quantitative estimate of drug-likeness (QED) is 0.148. The zero-order valence-corrected chi connectivity index (χ0v) is 26.1. The molecule has 7 N–H and O–H groups in total. The molecule has 0 saturated heterocycles. The Kier molecular flexibility index (Phi) is 15.9. The average Bonchev–Trinajstić information content (AvgIpc) is 2.91. The third-order valence-electron chi connectivity index (χ3n) is 7.68. The number of carbonyl (C=O) groups excluding carboxylic acids is 3. The summed E-state index contributed by atoms with van der Waals surface area (Å²) < 4.78 is 10.9. The standard InChI is InChI=1S/C31H54N4O6/c1-20(2)22(18-34-28(37)23-12-8-9-13-27(23)41-15-11-10-14-40-7)16-25(32)26(36)17-24(21(3)4)29(38)35-19-31(5,6)30(33)39/h8-9,12-13,20-22,24-26,36H,10-11,14-19,32H2,1-7H3,(H2,33,39)(H,34,37)(H,35,38)/t22-,24+,25+,26+/m1/s1. The number of primary amides is 1. The van der Waals surface area contributed by atoms with Gasteiger partial charge in [-0.2, -0.15) is 0 Å². The third-order valence-corrected chi connectivity index (χ3v) is 7.68. The Morgan fingerprint density at radius 2 is 1.61 bits per heavy atom. The van der Waals surface area contributed by atoms with Crippen molar-refractivity contribution in [1.82, 2.24) is 10.6 Å². The van der Waals surface area contributed by atoms with Crippen LogP contribution in [0.15, 0.2) is 24.3 Å². The molecule has 10 nitrogen and oxygen atoms in total. The molecule has 1 aromatic rings. The molecule has 0 saturated carbocycles. The lowest BCUT2D eigenvalue weighted by molar-refractivity contribution is -0.130. The van der Waals surface area contributed by atoms with Gasteiger partial charge in [-0.25, -0.2) is 0 Å². The van der Waals surface area contributed by atoms with Crippen LogP contribution in [0.2, 0.25) is 0 Å². The van der Waals surface area contributed by atoms with E-state index in [-0.39, 0.29) is 42.5 Å². The highest BCUT2D eigenvalue weighted by Gasteiger charge is 2.32. The summed E-state index contributed by atoms with van der Waals surface area (Å²) >= 11 is 0. The van der Waals surface area contributed by atoms with E-state index in [9.17, 15) is 19.5 Å². The van der Waals surface area contributed by atoms with Crippen LogP contribution in [-0.4, -0.2) is 68.4 Å². The predicted octanol–water partition coefficient (Wildman–Crippen LogP) is 2.86. The average molecular weight is 579 g/mol. The Labute approximate surface area is 246 Å².